The molecule has 3 nitrogen and oxygen atoms in total. The quantitative estimate of drug-likeness (QED) is 0.455. The minimum absolute atomic E-state index is 0.112. The highest BCUT2D eigenvalue weighted by Crippen LogP contribution is 2.39. The Balaban J connectivity index is 0.00000141. The van der Waals surface area contributed by atoms with Crippen LogP contribution in [-0.4, -0.2) is 5.91 Å². The highest BCUT2D eigenvalue weighted by atomic mass is 19.4. The number of hydrogen-bond donors (Lipinski definition) is 2. The Hall–Kier alpha value is -3.28. The molecule has 4 rings (SSSR count). The second-order valence-corrected chi connectivity index (χ2v) is 7.57. The molecule has 1 unspecified atom stereocenters. The molecule has 1 heterocycles. The molecule has 0 aromatic heterocycles. The lowest BCUT2D eigenvalue weighted by Crippen LogP contribution is -2.16. The van der Waals surface area contributed by atoms with Gasteiger partial charge in [-0.3, -0.25) is 4.79 Å². The van der Waals surface area contributed by atoms with Gasteiger partial charge in [0.05, 0.1) is 29.4 Å². The molecule has 168 valence electrons. The van der Waals surface area contributed by atoms with E-state index in [9.17, 15) is 18.0 Å². The lowest BCUT2D eigenvalue weighted by atomic mass is 9.97. The van der Waals surface area contributed by atoms with E-state index >= 15 is 0 Å². The largest absolute Gasteiger partial charge is 0.416 e. The number of nitrogens with one attached hydrogen (secondary N) is 2. The maximum Gasteiger partial charge on any atom is 0.416 e. The van der Waals surface area contributed by atoms with Crippen LogP contribution in [0.5, 0.6) is 0 Å². The molecule has 1 aliphatic heterocycles. The van der Waals surface area contributed by atoms with Crippen LogP contribution in [0.3, 0.4) is 0 Å². The molecule has 0 saturated heterocycles. The number of amides is 1. The Labute approximate surface area is 186 Å². The maximum absolute atomic E-state index is 13.2. The second-order valence-electron chi connectivity index (χ2n) is 7.57. The van der Waals surface area contributed by atoms with Crippen molar-refractivity contribution in [2.45, 2.75) is 45.8 Å². The molecule has 1 atom stereocenters. The molecule has 0 spiro atoms. The van der Waals surface area contributed by atoms with Gasteiger partial charge in [-0.1, -0.05) is 68.4 Å². The molecule has 1 amide bonds. The average molecular weight is 441 g/mol. The van der Waals surface area contributed by atoms with Crippen LogP contribution in [0.2, 0.25) is 0 Å². The summed E-state index contributed by atoms with van der Waals surface area (Å²) in [5.74, 6) is -0.323. The Morgan fingerprint density at radius 2 is 1.59 bits per heavy atom. The molecule has 0 radical (unpaired) electrons. The van der Waals surface area contributed by atoms with Gasteiger partial charge in [0.2, 0.25) is 5.91 Å². The van der Waals surface area contributed by atoms with Crippen LogP contribution in [0, 0.1) is 6.92 Å². The van der Waals surface area contributed by atoms with Crippen molar-refractivity contribution < 1.29 is 18.0 Å². The van der Waals surface area contributed by atoms with Crippen molar-refractivity contribution in [3.05, 3.63) is 94.5 Å². The summed E-state index contributed by atoms with van der Waals surface area (Å²) >= 11 is 0. The standard InChI is InChI=1S/C24H21F3N2O.C2H6/c1-15-10-21-22(13-19(15)24(25,26)27)29-23(30)14-20(28-21)18-9-5-8-17(12-18)11-16-6-3-2-4-7-16;1-2/h2-10,12-13,20,28H,11,14H2,1H3,(H,29,30);1-2H3. The summed E-state index contributed by atoms with van der Waals surface area (Å²) in [5, 5.41) is 5.88. The van der Waals surface area contributed by atoms with Crippen LogP contribution in [0.1, 0.15) is 54.1 Å². The van der Waals surface area contributed by atoms with Crippen LogP contribution in [-0.2, 0) is 17.4 Å². The molecule has 0 aliphatic carbocycles. The number of fused-ring (bicyclic) bond motifs is 1. The molecule has 2 N–H and O–H groups in total. The molecule has 32 heavy (non-hydrogen) atoms. The van der Waals surface area contributed by atoms with E-state index in [2.05, 4.69) is 22.8 Å². The van der Waals surface area contributed by atoms with Crippen molar-refractivity contribution >= 4 is 17.3 Å². The normalized spacial score (nSPS) is 15.4. The maximum atomic E-state index is 13.2. The van der Waals surface area contributed by atoms with E-state index in [0.29, 0.717) is 5.69 Å². The van der Waals surface area contributed by atoms with Crippen LogP contribution in [0.15, 0.2) is 66.7 Å². The third-order valence-electron chi connectivity index (χ3n) is 5.27. The third-order valence-corrected chi connectivity index (χ3v) is 5.27. The van der Waals surface area contributed by atoms with Crippen LogP contribution < -0.4 is 10.6 Å². The van der Waals surface area contributed by atoms with Crippen molar-refractivity contribution in [1.29, 1.82) is 0 Å². The number of aryl methyl sites for hydroxylation is 1. The minimum atomic E-state index is -4.47. The monoisotopic (exact) mass is 440 g/mol. The van der Waals surface area contributed by atoms with Crippen molar-refractivity contribution in [1.82, 2.24) is 0 Å². The SMILES string of the molecule is CC.Cc1cc2c(cc1C(F)(F)F)NC(=O)CC(c1cccc(Cc3ccccc3)c1)N2. The summed E-state index contributed by atoms with van der Waals surface area (Å²) < 4.78 is 39.7. The van der Waals surface area contributed by atoms with E-state index in [-0.39, 0.29) is 29.6 Å². The number of halogens is 3. The van der Waals surface area contributed by atoms with E-state index in [1.807, 2.05) is 56.3 Å². The third kappa shape index (κ3) is 5.49. The minimum Gasteiger partial charge on any atom is -0.376 e. The summed E-state index contributed by atoms with van der Waals surface area (Å²) in [4.78, 5) is 12.4. The predicted molar refractivity (Wildman–Crippen MR) is 123 cm³/mol. The summed E-state index contributed by atoms with van der Waals surface area (Å²) in [7, 11) is 0. The van der Waals surface area contributed by atoms with Crippen LogP contribution in [0.25, 0.3) is 0 Å². The molecule has 0 bridgehead atoms. The number of alkyl halides is 3. The number of rotatable bonds is 3. The van der Waals surface area contributed by atoms with Gasteiger partial charge < -0.3 is 10.6 Å². The summed E-state index contributed by atoms with van der Waals surface area (Å²) in [5.41, 5.74) is 3.22. The van der Waals surface area contributed by atoms with Gasteiger partial charge in [0, 0.05) is 0 Å². The Bertz CT molecular complexity index is 1080. The van der Waals surface area contributed by atoms with Crippen molar-refractivity contribution in [3.63, 3.8) is 0 Å². The fourth-order valence-electron chi connectivity index (χ4n) is 3.81. The predicted octanol–water partition coefficient (Wildman–Crippen LogP) is 7.13. The Kier molecular flexibility index (Phi) is 7.23. The molecule has 3 aromatic carbocycles. The summed E-state index contributed by atoms with van der Waals surface area (Å²) in [6, 6.07) is 20.1. The fourth-order valence-corrected chi connectivity index (χ4v) is 3.81. The van der Waals surface area contributed by atoms with Gasteiger partial charge in [0.15, 0.2) is 0 Å². The van der Waals surface area contributed by atoms with Gasteiger partial charge >= 0.3 is 6.18 Å². The molecule has 6 heteroatoms. The molecule has 3 aromatic rings. The van der Waals surface area contributed by atoms with Gasteiger partial charge in [0.25, 0.3) is 0 Å². The number of carbonyl (C=O) groups excluding carboxylic acids is 1. The summed E-state index contributed by atoms with van der Waals surface area (Å²) in [6.45, 7) is 5.42. The lowest BCUT2D eigenvalue weighted by molar-refractivity contribution is -0.138. The van der Waals surface area contributed by atoms with E-state index in [1.54, 1.807) is 0 Å². The Morgan fingerprint density at radius 3 is 2.28 bits per heavy atom. The zero-order valence-corrected chi connectivity index (χ0v) is 18.4. The molecular formula is C26H27F3N2O. The van der Waals surface area contributed by atoms with Crippen molar-refractivity contribution in [2.24, 2.45) is 0 Å². The highest BCUT2D eigenvalue weighted by molar-refractivity contribution is 5.97. The molecule has 0 saturated carbocycles. The van der Waals surface area contributed by atoms with E-state index in [1.165, 1.54) is 18.6 Å². The number of hydrogen-bond acceptors (Lipinski definition) is 2. The topological polar surface area (TPSA) is 41.1 Å². The zero-order chi connectivity index (χ0) is 23.3. The van der Waals surface area contributed by atoms with Crippen molar-refractivity contribution in [3.8, 4) is 0 Å². The Morgan fingerprint density at radius 1 is 0.906 bits per heavy atom. The smallest absolute Gasteiger partial charge is 0.376 e. The van der Waals surface area contributed by atoms with Crippen LogP contribution >= 0.6 is 0 Å². The van der Waals surface area contributed by atoms with E-state index in [4.69, 9.17) is 0 Å². The van der Waals surface area contributed by atoms with Gasteiger partial charge in [-0.05, 0) is 47.7 Å². The lowest BCUT2D eigenvalue weighted by Gasteiger charge is -2.20. The first-order valence-corrected chi connectivity index (χ1v) is 10.7. The van der Waals surface area contributed by atoms with E-state index < -0.39 is 11.7 Å². The first-order valence-electron chi connectivity index (χ1n) is 10.7. The zero-order valence-electron chi connectivity index (χ0n) is 18.4. The van der Waals surface area contributed by atoms with Crippen LogP contribution in [0.4, 0.5) is 24.5 Å². The van der Waals surface area contributed by atoms with Gasteiger partial charge in [0.1, 0.15) is 0 Å². The average Bonchev–Trinajstić information content (AvgIpc) is 2.92. The highest BCUT2D eigenvalue weighted by Gasteiger charge is 2.34. The number of carbonyl (C=O) groups is 1. The molecule has 0 fully saturated rings. The van der Waals surface area contributed by atoms with Crippen molar-refractivity contribution in [2.75, 3.05) is 10.6 Å². The van der Waals surface area contributed by atoms with Gasteiger partial charge in [-0.15, -0.1) is 0 Å². The molecule has 1 aliphatic rings. The first kappa shape index (κ1) is 23.4. The van der Waals surface area contributed by atoms with Gasteiger partial charge in [-0.2, -0.15) is 13.2 Å². The second kappa shape index (κ2) is 9.90. The van der Waals surface area contributed by atoms with E-state index in [0.717, 1.165) is 23.6 Å². The van der Waals surface area contributed by atoms with Gasteiger partial charge in [-0.25, -0.2) is 0 Å². The number of benzene rings is 3. The number of anilines is 2. The molecular weight excluding hydrogens is 413 g/mol. The fraction of sp³-hybridized carbons (Fsp3) is 0.269. The summed E-state index contributed by atoms with van der Waals surface area (Å²) in [6.07, 6.45) is -3.58. The first-order chi connectivity index (χ1) is 15.3.